The molecule has 62 valence electrons. The van der Waals surface area contributed by atoms with Crippen molar-refractivity contribution in [2.45, 2.75) is 19.4 Å². The smallest absolute Gasteiger partial charge is 0.0591 e. The Morgan fingerprint density at radius 1 is 1.64 bits per heavy atom. The highest BCUT2D eigenvalue weighted by Gasteiger charge is 2.27. The molecule has 0 fully saturated rings. The first kappa shape index (κ1) is 8.50. The molecule has 1 aliphatic rings. The van der Waals surface area contributed by atoms with Gasteiger partial charge in [0.25, 0.3) is 0 Å². The predicted molar refractivity (Wildman–Crippen MR) is 46.1 cm³/mol. The lowest BCUT2D eigenvalue weighted by molar-refractivity contribution is 0.196. The zero-order chi connectivity index (χ0) is 8.32. The Labute approximate surface area is 67.4 Å². The van der Waals surface area contributed by atoms with Gasteiger partial charge in [0.2, 0.25) is 0 Å². The van der Waals surface area contributed by atoms with Gasteiger partial charge in [-0.1, -0.05) is 31.2 Å². The van der Waals surface area contributed by atoms with Crippen LogP contribution >= 0.6 is 0 Å². The van der Waals surface area contributed by atoms with Crippen LogP contribution < -0.4 is 5.73 Å². The van der Waals surface area contributed by atoms with Gasteiger partial charge in [-0.2, -0.15) is 0 Å². The van der Waals surface area contributed by atoms with E-state index in [4.69, 9.17) is 10.8 Å². The number of nitrogens with two attached hydrogens (primary N) is 1. The van der Waals surface area contributed by atoms with Crippen LogP contribution in [-0.4, -0.2) is 17.8 Å². The lowest BCUT2D eigenvalue weighted by Gasteiger charge is -2.31. The summed E-state index contributed by atoms with van der Waals surface area (Å²) in [6, 6.07) is -0.149. The molecule has 0 radical (unpaired) electrons. The molecule has 0 heterocycles. The predicted octanol–water partition coefficient (Wildman–Crippen LogP) is 0.828. The van der Waals surface area contributed by atoms with Gasteiger partial charge in [-0.3, -0.25) is 0 Å². The molecule has 0 spiro atoms. The first-order chi connectivity index (χ1) is 5.19. The fourth-order valence-corrected chi connectivity index (χ4v) is 1.23. The van der Waals surface area contributed by atoms with Crippen molar-refractivity contribution in [3.05, 3.63) is 24.3 Å². The number of aliphatic hydroxyl groups is 1. The van der Waals surface area contributed by atoms with Crippen molar-refractivity contribution in [3.63, 3.8) is 0 Å². The highest BCUT2D eigenvalue weighted by molar-refractivity contribution is 5.17. The minimum atomic E-state index is -0.149. The molecule has 0 aromatic rings. The van der Waals surface area contributed by atoms with Gasteiger partial charge in [-0.15, -0.1) is 0 Å². The molecule has 0 bridgehead atoms. The summed E-state index contributed by atoms with van der Waals surface area (Å²) < 4.78 is 0. The molecule has 1 aliphatic carbocycles. The molecule has 0 unspecified atom stereocenters. The standard InChI is InChI=1S/C9H15NO/c1-9(8(10)7-11)5-3-2-4-6-9/h2-5,8,11H,6-7,10H2,1H3/t8-,9-/m0/s1. The van der Waals surface area contributed by atoms with Crippen LogP contribution in [0.1, 0.15) is 13.3 Å². The molecule has 1 rings (SSSR count). The minimum Gasteiger partial charge on any atom is -0.395 e. The Bertz CT molecular complexity index is 186. The third-order valence-electron chi connectivity index (χ3n) is 2.33. The Balaban J connectivity index is 2.67. The van der Waals surface area contributed by atoms with E-state index in [0.29, 0.717) is 0 Å². The molecule has 0 aliphatic heterocycles. The molecule has 0 saturated carbocycles. The summed E-state index contributed by atoms with van der Waals surface area (Å²) in [5.41, 5.74) is 5.69. The van der Waals surface area contributed by atoms with Crippen LogP contribution in [0.2, 0.25) is 0 Å². The van der Waals surface area contributed by atoms with Gasteiger partial charge in [-0.05, 0) is 6.42 Å². The first-order valence-electron chi connectivity index (χ1n) is 3.90. The van der Waals surface area contributed by atoms with Gasteiger partial charge in [0.15, 0.2) is 0 Å². The van der Waals surface area contributed by atoms with E-state index >= 15 is 0 Å². The monoisotopic (exact) mass is 153 g/mol. The molecule has 2 atom stereocenters. The zero-order valence-corrected chi connectivity index (χ0v) is 6.83. The Hall–Kier alpha value is -0.600. The van der Waals surface area contributed by atoms with E-state index < -0.39 is 0 Å². The Morgan fingerprint density at radius 2 is 2.36 bits per heavy atom. The third-order valence-corrected chi connectivity index (χ3v) is 2.33. The maximum absolute atomic E-state index is 8.87. The van der Waals surface area contributed by atoms with Crippen molar-refractivity contribution < 1.29 is 5.11 Å². The van der Waals surface area contributed by atoms with Gasteiger partial charge in [0.1, 0.15) is 0 Å². The molecular formula is C9H15NO. The van der Waals surface area contributed by atoms with Gasteiger partial charge in [0.05, 0.1) is 6.61 Å². The second-order valence-corrected chi connectivity index (χ2v) is 3.29. The number of hydrogen-bond acceptors (Lipinski definition) is 2. The van der Waals surface area contributed by atoms with Crippen molar-refractivity contribution in [2.75, 3.05) is 6.61 Å². The highest BCUT2D eigenvalue weighted by atomic mass is 16.3. The normalized spacial score (nSPS) is 32.3. The summed E-state index contributed by atoms with van der Waals surface area (Å²) >= 11 is 0. The SMILES string of the molecule is C[C@]1([C@@H](N)CO)C=CC=CC1. The summed E-state index contributed by atoms with van der Waals surface area (Å²) in [6.45, 7) is 2.11. The molecule has 0 amide bonds. The molecular weight excluding hydrogens is 138 g/mol. The molecule has 3 N–H and O–H groups in total. The van der Waals surface area contributed by atoms with Crippen molar-refractivity contribution in [1.82, 2.24) is 0 Å². The third kappa shape index (κ3) is 1.70. The van der Waals surface area contributed by atoms with E-state index in [1.54, 1.807) is 0 Å². The average Bonchev–Trinajstić information content (AvgIpc) is 2.04. The molecule has 2 heteroatoms. The van der Waals surface area contributed by atoms with Crippen LogP contribution in [0.4, 0.5) is 0 Å². The van der Waals surface area contributed by atoms with Gasteiger partial charge >= 0.3 is 0 Å². The van der Waals surface area contributed by atoms with Crippen LogP contribution in [0.3, 0.4) is 0 Å². The zero-order valence-electron chi connectivity index (χ0n) is 6.83. The lowest BCUT2D eigenvalue weighted by Crippen LogP contribution is -2.41. The van der Waals surface area contributed by atoms with E-state index in [1.165, 1.54) is 0 Å². The van der Waals surface area contributed by atoms with E-state index in [0.717, 1.165) is 6.42 Å². The summed E-state index contributed by atoms with van der Waals surface area (Å²) in [7, 11) is 0. The molecule has 0 saturated heterocycles. The highest BCUT2D eigenvalue weighted by Crippen LogP contribution is 2.29. The minimum absolute atomic E-state index is 0.0503. The molecule has 0 aromatic carbocycles. The van der Waals surface area contributed by atoms with E-state index in [-0.39, 0.29) is 18.1 Å². The fraction of sp³-hybridized carbons (Fsp3) is 0.556. The quantitative estimate of drug-likeness (QED) is 0.617. The molecule has 11 heavy (non-hydrogen) atoms. The number of hydrogen-bond donors (Lipinski definition) is 2. The summed E-state index contributed by atoms with van der Waals surface area (Å²) in [5, 5.41) is 8.87. The summed E-state index contributed by atoms with van der Waals surface area (Å²) in [5.74, 6) is 0. The van der Waals surface area contributed by atoms with Crippen LogP contribution in [0.15, 0.2) is 24.3 Å². The number of allylic oxidation sites excluding steroid dienone is 3. The fourth-order valence-electron chi connectivity index (χ4n) is 1.23. The van der Waals surface area contributed by atoms with Gasteiger partial charge in [-0.25, -0.2) is 0 Å². The maximum atomic E-state index is 8.87. The number of aliphatic hydroxyl groups excluding tert-OH is 1. The van der Waals surface area contributed by atoms with Crippen molar-refractivity contribution in [1.29, 1.82) is 0 Å². The lowest BCUT2D eigenvalue weighted by atomic mass is 9.78. The maximum Gasteiger partial charge on any atom is 0.0591 e. The first-order valence-corrected chi connectivity index (χ1v) is 3.90. The van der Waals surface area contributed by atoms with Gasteiger partial charge < -0.3 is 10.8 Å². The van der Waals surface area contributed by atoms with Gasteiger partial charge in [0, 0.05) is 11.5 Å². The number of rotatable bonds is 2. The van der Waals surface area contributed by atoms with E-state index in [2.05, 4.69) is 19.1 Å². The van der Waals surface area contributed by atoms with Crippen LogP contribution in [0.5, 0.6) is 0 Å². The van der Waals surface area contributed by atoms with E-state index in [1.807, 2.05) is 12.2 Å². The molecule has 0 aromatic heterocycles. The second kappa shape index (κ2) is 3.20. The van der Waals surface area contributed by atoms with Crippen molar-refractivity contribution in [3.8, 4) is 0 Å². The summed E-state index contributed by atoms with van der Waals surface area (Å²) in [4.78, 5) is 0. The van der Waals surface area contributed by atoms with Crippen molar-refractivity contribution >= 4 is 0 Å². The van der Waals surface area contributed by atoms with Crippen LogP contribution in [0, 0.1) is 5.41 Å². The average molecular weight is 153 g/mol. The van der Waals surface area contributed by atoms with Crippen LogP contribution in [0.25, 0.3) is 0 Å². The Morgan fingerprint density at radius 3 is 2.82 bits per heavy atom. The van der Waals surface area contributed by atoms with Crippen molar-refractivity contribution in [2.24, 2.45) is 11.1 Å². The van der Waals surface area contributed by atoms with E-state index in [9.17, 15) is 0 Å². The van der Waals surface area contributed by atoms with Crippen LogP contribution in [-0.2, 0) is 0 Å². The topological polar surface area (TPSA) is 46.2 Å². The Kier molecular flexibility index (Phi) is 2.47. The summed E-state index contributed by atoms with van der Waals surface area (Å²) in [6.07, 6.45) is 9.06. The second-order valence-electron chi connectivity index (χ2n) is 3.29. The molecule has 2 nitrogen and oxygen atoms in total. The largest absolute Gasteiger partial charge is 0.395 e.